The third-order valence-electron chi connectivity index (χ3n) is 5.58. The van der Waals surface area contributed by atoms with Crippen molar-refractivity contribution >= 4 is 10.0 Å². The van der Waals surface area contributed by atoms with Gasteiger partial charge in [-0.2, -0.15) is 4.31 Å². The summed E-state index contributed by atoms with van der Waals surface area (Å²) < 4.78 is 40.7. The Morgan fingerprint density at radius 1 is 1.16 bits per heavy atom. The van der Waals surface area contributed by atoms with E-state index in [2.05, 4.69) is 32.9 Å². The Balaban J connectivity index is 2.07. The van der Waals surface area contributed by atoms with Crippen molar-refractivity contribution in [3.8, 4) is 11.5 Å². The van der Waals surface area contributed by atoms with Crippen LogP contribution in [0.5, 0.6) is 11.5 Å². The van der Waals surface area contributed by atoms with Crippen molar-refractivity contribution in [2.45, 2.75) is 64.4 Å². The van der Waals surface area contributed by atoms with E-state index in [1.165, 1.54) is 0 Å². The molecule has 0 amide bonds. The molecule has 1 aliphatic heterocycles. The molecule has 0 radical (unpaired) electrons. The zero-order chi connectivity index (χ0) is 23.4. The zero-order valence-electron chi connectivity index (χ0n) is 19.8. The molecule has 3 rings (SSSR count). The molecule has 0 aliphatic carbocycles. The van der Waals surface area contributed by atoms with Gasteiger partial charge in [-0.25, -0.2) is 8.42 Å². The minimum Gasteiger partial charge on any atom is -0.497 e. The quantitative estimate of drug-likeness (QED) is 0.538. The molecule has 1 aliphatic rings. The average molecular weight is 458 g/mol. The van der Waals surface area contributed by atoms with Crippen molar-refractivity contribution in [1.29, 1.82) is 0 Å². The largest absolute Gasteiger partial charge is 0.497 e. The van der Waals surface area contributed by atoms with Gasteiger partial charge in [0.25, 0.3) is 0 Å². The molecular formula is C26H35NO4S. The average Bonchev–Trinajstić information content (AvgIpc) is 2.82. The first kappa shape index (κ1) is 24.3. The van der Waals surface area contributed by atoms with Gasteiger partial charge in [0.1, 0.15) is 11.5 Å². The predicted octanol–water partition coefficient (Wildman–Crippen LogP) is 5.73. The summed E-state index contributed by atoms with van der Waals surface area (Å²) in [7, 11) is -2.12. The summed E-state index contributed by atoms with van der Waals surface area (Å²) in [5, 5.41) is 0. The molecule has 1 unspecified atom stereocenters. The van der Waals surface area contributed by atoms with E-state index in [4.69, 9.17) is 9.47 Å². The predicted molar refractivity (Wildman–Crippen MR) is 129 cm³/mol. The molecule has 5 nitrogen and oxygen atoms in total. The molecule has 2 aromatic carbocycles. The topological polar surface area (TPSA) is 55.8 Å². The van der Waals surface area contributed by atoms with Crippen LogP contribution in [0.25, 0.3) is 0 Å². The normalized spacial score (nSPS) is 18.3. The lowest BCUT2D eigenvalue weighted by atomic mass is 9.92. The van der Waals surface area contributed by atoms with Crippen LogP contribution in [0.2, 0.25) is 0 Å². The Morgan fingerprint density at radius 3 is 2.53 bits per heavy atom. The molecule has 0 fully saturated rings. The van der Waals surface area contributed by atoms with E-state index in [0.717, 1.165) is 24.0 Å². The lowest BCUT2D eigenvalue weighted by molar-refractivity contribution is 0.296. The van der Waals surface area contributed by atoms with Crippen molar-refractivity contribution in [1.82, 2.24) is 4.31 Å². The van der Waals surface area contributed by atoms with Crippen LogP contribution in [0.1, 0.15) is 51.2 Å². The number of benzene rings is 2. The van der Waals surface area contributed by atoms with Crippen LogP contribution >= 0.6 is 0 Å². The summed E-state index contributed by atoms with van der Waals surface area (Å²) in [6.07, 6.45) is 6.51. The number of rotatable bonds is 5. The molecule has 0 aromatic heterocycles. The maximum atomic E-state index is 13.8. The lowest BCUT2D eigenvalue weighted by Crippen LogP contribution is -2.38. The van der Waals surface area contributed by atoms with Gasteiger partial charge in [0.05, 0.1) is 18.6 Å². The monoisotopic (exact) mass is 457 g/mol. The van der Waals surface area contributed by atoms with Crippen LogP contribution in [-0.4, -0.2) is 32.5 Å². The summed E-state index contributed by atoms with van der Waals surface area (Å²) in [6, 6.07) is 12.4. The minimum atomic E-state index is -3.73. The summed E-state index contributed by atoms with van der Waals surface area (Å²) in [5.41, 5.74) is 1.97. The van der Waals surface area contributed by atoms with Gasteiger partial charge in [-0.15, -0.1) is 0 Å². The molecule has 0 saturated heterocycles. The number of sulfonamides is 1. The molecule has 1 atom stereocenters. The second-order valence-corrected chi connectivity index (χ2v) is 11.5. The Kier molecular flexibility index (Phi) is 7.67. The molecule has 0 spiro atoms. The summed E-state index contributed by atoms with van der Waals surface area (Å²) in [6.45, 7) is 9.25. The second-order valence-electron chi connectivity index (χ2n) is 9.59. The van der Waals surface area contributed by atoms with E-state index >= 15 is 0 Å². The Morgan fingerprint density at radius 2 is 1.88 bits per heavy atom. The van der Waals surface area contributed by atoms with Gasteiger partial charge < -0.3 is 9.47 Å². The van der Waals surface area contributed by atoms with E-state index in [9.17, 15) is 8.42 Å². The third-order valence-corrected chi connectivity index (χ3v) is 7.47. The highest BCUT2D eigenvalue weighted by Crippen LogP contribution is 2.32. The van der Waals surface area contributed by atoms with E-state index in [0.29, 0.717) is 29.4 Å². The van der Waals surface area contributed by atoms with Gasteiger partial charge in [-0.1, -0.05) is 50.6 Å². The van der Waals surface area contributed by atoms with Crippen LogP contribution in [0, 0.1) is 12.3 Å². The smallest absolute Gasteiger partial charge is 0.243 e. The van der Waals surface area contributed by atoms with Crippen molar-refractivity contribution in [3.63, 3.8) is 0 Å². The van der Waals surface area contributed by atoms with Crippen LogP contribution in [0.3, 0.4) is 0 Å². The van der Waals surface area contributed by atoms with Gasteiger partial charge in [0.2, 0.25) is 10.0 Å². The zero-order valence-corrected chi connectivity index (χ0v) is 20.6. The van der Waals surface area contributed by atoms with Crippen LogP contribution < -0.4 is 9.47 Å². The number of hydrogen-bond acceptors (Lipinski definition) is 4. The molecular weight excluding hydrogens is 422 g/mol. The number of aryl methyl sites for hydroxylation is 1. The highest BCUT2D eigenvalue weighted by Gasteiger charge is 2.32. The molecule has 1 heterocycles. The SMILES string of the molecule is COc1ccc2c(c1)CN(S(=O)(=O)c1ccc(C)cc1)C(/C=C/CC(C)(C)C)CCCO2. The number of fused-ring (bicyclic) bond motifs is 1. The lowest BCUT2D eigenvalue weighted by Gasteiger charge is -2.29. The number of allylic oxidation sites excluding steroid dienone is 1. The van der Waals surface area contributed by atoms with Gasteiger partial charge >= 0.3 is 0 Å². The summed E-state index contributed by atoms with van der Waals surface area (Å²) >= 11 is 0. The molecule has 0 bridgehead atoms. The second kappa shape index (κ2) is 10.1. The van der Waals surface area contributed by atoms with E-state index in [1.807, 2.05) is 37.3 Å². The van der Waals surface area contributed by atoms with Crippen molar-refractivity contribution in [2.75, 3.05) is 13.7 Å². The fourth-order valence-corrected chi connectivity index (χ4v) is 5.32. The highest BCUT2D eigenvalue weighted by atomic mass is 32.2. The molecule has 0 saturated carbocycles. The first-order valence-electron chi connectivity index (χ1n) is 11.1. The van der Waals surface area contributed by atoms with Crippen molar-refractivity contribution in [3.05, 3.63) is 65.7 Å². The van der Waals surface area contributed by atoms with Gasteiger partial charge in [0.15, 0.2) is 0 Å². The number of nitrogens with zero attached hydrogens (tertiary/aromatic N) is 1. The van der Waals surface area contributed by atoms with Gasteiger partial charge in [-0.3, -0.25) is 0 Å². The summed E-state index contributed by atoms with van der Waals surface area (Å²) in [4.78, 5) is 0.307. The molecule has 6 heteroatoms. The standard InChI is InChI=1S/C26H35NO4S/c1-20-10-13-24(14-11-20)32(28,29)27-19-21-18-23(30-5)12-15-25(21)31-17-7-9-22(27)8-6-16-26(2,3)4/h6,8,10-15,18,22H,7,9,16-17,19H2,1-5H3/b8-6+. The first-order valence-corrected chi connectivity index (χ1v) is 12.6. The maximum Gasteiger partial charge on any atom is 0.243 e. The van der Waals surface area contributed by atoms with E-state index in [1.54, 1.807) is 23.5 Å². The number of methoxy groups -OCH3 is 1. The Labute approximate surface area is 193 Å². The first-order chi connectivity index (χ1) is 15.1. The van der Waals surface area contributed by atoms with Crippen LogP contribution in [0.15, 0.2) is 59.5 Å². The molecule has 0 N–H and O–H groups in total. The molecule has 2 aromatic rings. The number of hydrogen-bond donors (Lipinski definition) is 0. The fourth-order valence-electron chi connectivity index (χ4n) is 3.73. The fraction of sp³-hybridized carbons (Fsp3) is 0.462. The van der Waals surface area contributed by atoms with Crippen LogP contribution in [-0.2, 0) is 16.6 Å². The maximum absolute atomic E-state index is 13.8. The van der Waals surface area contributed by atoms with Gasteiger partial charge in [-0.05, 0) is 61.9 Å². The summed E-state index contributed by atoms with van der Waals surface area (Å²) in [5.74, 6) is 1.38. The van der Waals surface area contributed by atoms with E-state index in [-0.39, 0.29) is 18.0 Å². The Hall–Kier alpha value is -2.31. The number of ether oxygens (including phenoxy) is 2. The molecule has 174 valence electrons. The van der Waals surface area contributed by atoms with E-state index < -0.39 is 10.0 Å². The van der Waals surface area contributed by atoms with Gasteiger partial charge in [0, 0.05) is 18.2 Å². The third kappa shape index (κ3) is 6.14. The highest BCUT2D eigenvalue weighted by molar-refractivity contribution is 7.89. The minimum absolute atomic E-state index is 0.138. The van der Waals surface area contributed by atoms with Crippen molar-refractivity contribution in [2.24, 2.45) is 5.41 Å². The molecule has 32 heavy (non-hydrogen) atoms. The Bertz CT molecular complexity index is 1040. The van der Waals surface area contributed by atoms with Crippen LogP contribution in [0.4, 0.5) is 0 Å². The van der Waals surface area contributed by atoms with Crippen molar-refractivity contribution < 1.29 is 17.9 Å².